The molecule has 6 nitrogen and oxygen atoms in total. The molecule has 122 valence electrons. The van der Waals surface area contributed by atoms with Crippen molar-refractivity contribution in [2.24, 2.45) is 7.05 Å². The lowest BCUT2D eigenvalue weighted by Gasteiger charge is -2.19. The summed E-state index contributed by atoms with van der Waals surface area (Å²) in [6.45, 7) is 5.60. The van der Waals surface area contributed by atoms with Crippen molar-refractivity contribution in [3.8, 4) is 0 Å². The van der Waals surface area contributed by atoms with E-state index in [9.17, 15) is 4.79 Å². The molecule has 0 bridgehead atoms. The molecular formula is C17H23N5O. The Labute approximate surface area is 136 Å². The lowest BCUT2D eigenvalue weighted by molar-refractivity contribution is 0.0776. The molecule has 2 aliphatic rings. The number of hydrogen-bond acceptors (Lipinski definition) is 3. The van der Waals surface area contributed by atoms with E-state index in [-0.39, 0.29) is 5.91 Å². The SMILES string of the molecule is Cc1cc(C(=O)N2CCC(n3c(C)cnc3C3CC3)C2)n(C)n1. The van der Waals surface area contributed by atoms with Crippen molar-refractivity contribution in [3.63, 3.8) is 0 Å². The van der Waals surface area contributed by atoms with Crippen LogP contribution in [0.1, 0.15) is 58.9 Å². The first-order valence-electron chi connectivity index (χ1n) is 8.38. The molecule has 0 radical (unpaired) electrons. The van der Waals surface area contributed by atoms with Gasteiger partial charge in [0.25, 0.3) is 5.91 Å². The van der Waals surface area contributed by atoms with Crippen molar-refractivity contribution in [3.05, 3.63) is 35.2 Å². The highest BCUT2D eigenvalue weighted by Gasteiger charge is 2.35. The number of likely N-dealkylation sites (tertiary alicyclic amines) is 1. The van der Waals surface area contributed by atoms with Gasteiger partial charge in [0.2, 0.25) is 0 Å². The molecule has 2 fully saturated rings. The first-order valence-corrected chi connectivity index (χ1v) is 8.38. The molecule has 0 aromatic carbocycles. The zero-order valence-corrected chi connectivity index (χ0v) is 14.0. The molecule has 6 heteroatoms. The van der Waals surface area contributed by atoms with Crippen molar-refractivity contribution in [1.82, 2.24) is 24.2 Å². The number of nitrogens with zero attached hydrogens (tertiary/aromatic N) is 5. The summed E-state index contributed by atoms with van der Waals surface area (Å²) >= 11 is 0. The highest BCUT2D eigenvalue weighted by atomic mass is 16.2. The summed E-state index contributed by atoms with van der Waals surface area (Å²) < 4.78 is 4.06. The maximum atomic E-state index is 12.8. The Kier molecular flexibility index (Phi) is 3.28. The van der Waals surface area contributed by atoms with Crippen molar-refractivity contribution in [1.29, 1.82) is 0 Å². The predicted octanol–water partition coefficient (Wildman–Crippen LogP) is 2.20. The van der Waals surface area contributed by atoms with Gasteiger partial charge in [-0.25, -0.2) is 4.98 Å². The maximum Gasteiger partial charge on any atom is 0.272 e. The van der Waals surface area contributed by atoms with Gasteiger partial charge in [0, 0.05) is 37.9 Å². The highest BCUT2D eigenvalue weighted by Crippen LogP contribution is 2.41. The van der Waals surface area contributed by atoms with E-state index < -0.39 is 0 Å². The smallest absolute Gasteiger partial charge is 0.272 e. The molecule has 0 spiro atoms. The minimum Gasteiger partial charge on any atom is -0.335 e. The van der Waals surface area contributed by atoms with Crippen LogP contribution in [0.2, 0.25) is 0 Å². The van der Waals surface area contributed by atoms with E-state index in [1.165, 1.54) is 24.4 Å². The van der Waals surface area contributed by atoms with Gasteiger partial charge in [-0.15, -0.1) is 0 Å². The van der Waals surface area contributed by atoms with Crippen LogP contribution >= 0.6 is 0 Å². The number of amides is 1. The summed E-state index contributed by atoms with van der Waals surface area (Å²) in [6, 6.07) is 2.22. The molecule has 1 aliphatic carbocycles. The zero-order chi connectivity index (χ0) is 16.1. The highest BCUT2D eigenvalue weighted by molar-refractivity contribution is 5.92. The molecule has 2 aromatic rings. The van der Waals surface area contributed by atoms with E-state index >= 15 is 0 Å². The molecule has 1 saturated carbocycles. The Bertz CT molecular complexity index is 755. The standard InChI is InChI=1S/C17H23N5O/c1-11-8-15(20(3)19-11)17(23)21-7-6-14(10-21)22-12(2)9-18-16(22)13-4-5-13/h8-9,13-14H,4-7,10H2,1-3H3. The van der Waals surface area contributed by atoms with Crippen LogP contribution in [0.25, 0.3) is 0 Å². The number of aryl methyl sites for hydroxylation is 3. The second-order valence-electron chi connectivity index (χ2n) is 6.89. The monoisotopic (exact) mass is 313 g/mol. The summed E-state index contributed by atoms with van der Waals surface area (Å²) in [5.74, 6) is 1.94. The van der Waals surface area contributed by atoms with Gasteiger partial charge in [-0.05, 0) is 39.2 Å². The van der Waals surface area contributed by atoms with Crippen molar-refractivity contribution in [2.75, 3.05) is 13.1 Å². The van der Waals surface area contributed by atoms with Gasteiger partial charge >= 0.3 is 0 Å². The molecule has 1 unspecified atom stereocenters. The fraction of sp³-hybridized carbons (Fsp3) is 0.588. The molecule has 1 amide bonds. The van der Waals surface area contributed by atoms with Crippen LogP contribution < -0.4 is 0 Å². The number of rotatable bonds is 3. The Morgan fingerprint density at radius 3 is 2.70 bits per heavy atom. The van der Waals surface area contributed by atoms with Gasteiger partial charge in [-0.2, -0.15) is 5.10 Å². The van der Waals surface area contributed by atoms with Crippen LogP contribution in [0.4, 0.5) is 0 Å². The van der Waals surface area contributed by atoms with Gasteiger partial charge in [0.05, 0.1) is 11.7 Å². The van der Waals surface area contributed by atoms with Crippen molar-refractivity contribution in [2.45, 2.75) is 45.1 Å². The average Bonchev–Trinajstić information content (AvgIpc) is 2.96. The summed E-state index contributed by atoms with van der Waals surface area (Å²) in [6.07, 6.45) is 5.47. The van der Waals surface area contributed by atoms with Crippen LogP contribution in [0.3, 0.4) is 0 Å². The van der Waals surface area contributed by atoms with E-state index in [2.05, 4.69) is 21.6 Å². The summed E-state index contributed by atoms with van der Waals surface area (Å²) in [4.78, 5) is 19.3. The van der Waals surface area contributed by atoms with Gasteiger partial charge in [-0.3, -0.25) is 9.48 Å². The van der Waals surface area contributed by atoms with E-state index in [4.69, 9.17) is 0 Å². The average molecular weight is 313 g/mol. The summed E-state index contributed by atoms with van der Waals surface area (Å²) in [7, 11) is 1.83. The first-order chi connectivity index (χ1) is 11.0. The molecular weight excluding hydrogens is 290 g/mol. The minimum atomic E-state index is 0.0846. The molecule has 3 heterocycles. The molecule has 1 aliphatic heterocycles. The van der Waals surface area contributed by atoms with Crippen LogP contribution in [-0.2, 0) is 7.05 Å². The first kappa shape index (κ1) is 14.5. The molecule has 2 aromatic heterocycles. The molecule has 4 rings (SSSR count). The number of imidazole rings is 1. The largest absolute Gasteiger partial charge is 0.335 e. The van der Waals surface area contributed by atoms with E-state index in [1.807, 2.05) is 31.1 Å². The summed E-state index contributed by atoms with van der Waals surface area (Å²) in [5, 5.41) is 4.29. The molecule has 0 N–H and O–H groups in total. The Morgan fingerprint density at radius 1 is 1.26 bits per heavy atom. The van der Waals surface area contributed by atoms with Gasteiger partial charge in [0.1, 0.15) is 11.5 Å². The third kappa shape index (κ3) is 2.46. The second kappa shape index (κ2) is 5.22. The Hall–Kier alpha value is -2.11. The molecule has 1 saturated heterocycles. The fourth-order valence-corrected chi connectivity index (χ4v) is 3.69. The van der Waals surface area contributed by atoms with Gasteiger partial charge < -0.3 is 9.47 Å². The predicted molar refractivity (Wildman–Crippen MR) is 86.4 cm³/mol. The quantitative estimate of drug-likeness (QED) is 0.873. The van der Waals surface area contributed by atoms with E-state index in [1.54, 1.807) is 4.68 Å². The third-order valence-electron chi connectivity index (χ3n) is 4.99. The maximum absolute atomic E-state index is 12.8. The van der Waals surface area contributed by atoms with E-state index in [0.717, 1.165) is 25.2 Å². The minimum absolute atomic E-state index is 0.0846. The number of aromatic nitrogens is 4. The van der Waals surface area contributed by atoms with Crippen molar-refractivity contribution < 1.29 is 4.79 Å². The van der Waals surface area contributed by atoms with Gasteiger partial charge in [-0.1, -0.05) is 0 Å². The molecule has 1 atom stereocenters. The molecule has 23 heavy (non-hydrogen) atoms. The third-order valence-corrected chi connectivity index (χ3v) is 4.99. The topological polar surface area (TPSA) is 56.0 Å². The lowest BCUT2D eigenvalue weighted by Crippen LogP contribution is -2.31. The summed E-state index contributed by atoms with van der Waals surface area (Å²) in [5.41, 5.74) is 2.77. The Balaban J connectivity index is 1.54. The normalized spacial score (nSPS) is 21.2. The van der Waals surface area contributed by atoms with Crippen LogP contribution in [-0.4, -0.2) is 43.2 Å². The van der Waals surface area contributed by atoms with Gasteiger partial charge in [0.15, 0.2) is 0 Å². The fourth-order valence-electron chi connectivity index (χ4n) is 3.69. The van der Waals surface area contributed by atoms with Crippen molar-refractivity contribution >= 4 is 5.91 Å². The van der Waals surface area contributed by atoms with Crippen LogP contribution in [0.15, 0.2) is 12.3 Å². The van der Waals surface area contributed by atoms with Crippen LogP contribution in [0.5, 0.6) is 0 Å². The second-order valence-corrected chi connectivity index (χ2v) is 6.89. The number of carbonyl (C=O) groups excluding carboxylic acids is 1. The van der Waals surface area contributed by atoms with E-state index in [0.29, 0.717) is 17.7 Å². The lowest BCUT2D eigenvalue weighted by atomic mass is 10.2. The Morgan fingerprint density at radius 2 is 2.04 bits per heavy atom. The number of carbonyl (C=O) groups is 1. The van der Waals surface area contributed by atoms with Crippen LogP contribution in [0, 0.1) is 13.8 Å². The number of hydrogen-bond donors (Lipinski definition) is 0. The zero-order valence-electron chi connectivity index (χ0n) is 14.0.